The first-order valence-electron chi connectivity index (χ1n) is 15.0. The van der Waals surface area contributed by atoms with Crippen LogP contribution in [0.25, 0.3) is 0 Å². The molecule has 5 rings (SSSR count). The Morgan fingerprint density at radius 3 is 2.62 bits per heavy atom. The monoisotopic (exact) mass is 717 g/mol. The number of Topliss-reactive ketones (excluding diaryl/α,β-unsaturated/α-hetero) is 2. The van der Waals surface area contributed by atoms with Gasteiger partial charge in [-0.3, -0.25) is 34.5 Å². The van der Waals surface area contributed by atoms with Crippen molar-refractivity contribution in [3.8, 4) is 0 Å². The van der Waals surface area contributed by atoms with E-state index in [0.29, 0.717) is 29.4 Å². The minimum atomic E-state index is -1.08. The molecule has 4 heterocycles. The van der Waals surface area contributed by atoms with Gasteiger partial charge in [-0.15, -0.1) is 0 Å². The zero-order valence-electron chi connectivity index (χ0n) is 26.2. The van der Waals surface area contributed by atoms with Gasteiger partial charge in [0.2, 0.25) is 11.7 Å². The molecule has 4 aliphatic rings. The van der Waals surface area contributed by atoms with Gasteiger partial charge in [-0.25, -0.2) is 4.79 Å². The first-order valence-corrected chi connectivity index (χ1v) is 17.9. The van der Waals surface area contributed by atoms with Crippen molar-refractivity contribution in [1.82, 2.24) is 15.2 Å². The summed E-state index contributed by atoms with van der Waals surface area (Å²) in [6.45, 7) is 2.34. The summed E-state index contributed by atoms with van der Waals surface area (Å²) < 4.78 is 16.5. The fraction of sp³-hybridized carbons (Fsp3) is 0.467. The smallest absolute Gasteiger partial charge is 0.411 e. The minimum absolute atomic E-state index is 0.0498. The fourth-order valence-electron chi connectivity index (χ4n) is 6.30. The van der Waals surface area contributed by atoms with E-state index in [-0.39, 0.29) is 77.9 Å². The van der Waals surface area contributed by atoms with E-state index in [1.165, 1.54) is 41.8 Å². The number of esters is 1. The summed E-state index contributed by atoms with van der Waals surface area (Å²) >= 11 is 4.79. The molecule has 0 aromatic carbocycles. The number of aromatic nitrogens is 1. The van der Waals surface area contributed by atoms with Crippen LogP contribution in [-0.2, 0) is 33.4 Å². The van der Waals surface area contributed by atoms with Crippen LogP contribution in [0.4, 0.5) is 10.5 Å². The van der Waals surface area contributed by atoms with Crippen molar-refractivity contribution in [1.29, 1.82) is 0 Å². The number of nitrogens with two attached hydrogens (primary N) is 2. The van der Waals surface area contributed by atoms with E-state index >= 15 is 0 Å². The molecule has 3 aliphatic heterocycles. The van der Waals surface area contributed by atoms with Crippen molar-refractivity contribution in [2.24, 2.45) is 22.4 Å². The summed E-state index contributed by atoms with van der Waals surface area (Å²) in [5.74, 6) is -1.95. The topological polar surface area (TPSA) is 228 Å². The lowest BCUT2D eigenvalue weighted by Crippen LogP contribution is -2.54. The van der Waals surface area contributed by atoms with Crippen molar-refractivity contribution in [3.63, 3.8) is 0 Å². The molecular formula is C30H35N7O8S3. The second-order valence-corrected chi connectivity index (χ2v) is 14.5. The average molecular weight is 718 g/mol. The van der Waals surface area contributed by atoms with Gasteiger partial charge in [0.15, 0.2) is 11.5 Å². The average Bonchev–Trinajstić information content (AvgIpc) is 3.66. The maximum absolute atomic E-state index is 13.8. The highest BCUT2D eigenvalue weighted by molar-refractivity contribution is 8.76. The first kappa shape index (κ1) is 35.5. The third-order valence-corrected chi connectivity index (χ3v) is 10.8. The number of nitrogens with zero attached hydrogens (tertiary/aromatic N) is 3. The molecule has 2 fully saturated rings. The largest absolute Gasteiger partial charge is 0.465 e. The van der Waals surface area contributed by atoms with Gasteiger partial charge in [-0.05, 0) is 19.1 Å². The lowest BCUT2D eigenvalue weighted by Gasteiger charge is -2.39. The molecule has 1 aromatic heterocycles. The zero-order chi connectivity index (χ0) is 34.6. The highest BCUT2D eigenvalue weighted by Crippen LogP contribution is 2.56. The molecule has 0 bridgehead atoms. The Morgan fingerprint density at radius 2 is 1.94 bits per heavy atom. The molecule has 6 N–H and O–H groups in total. The molecule has 15 nitrogen and oxygen atoms in total. The van der Waals surface area contributed by atoms with Crippen molar-refractivity contribution in [2.75, 3.05) is 50.2 Å². The Hall–Kier alpha value is -3.84. The Bertz CT molecular complexity index is 1630. The number of aliphatic imine (C=N–C) groups is 1. The number of ketones is 2. The van der Waals surface area contributed by atoms with Crippen LogP contribution >= 0.6 is 33.8 Å². The van der Waals surface area contributed by atoms with Gasteiger partial charge in [0, 0.05) is 72.7 Å². The molecule has 1 aliphatic carbocycles. The van der Waals surface area contributed by atoms with Crippen LogP contribution in [0.1, 0.15) is 25.5 Å². The highest BCUT2D eigenvalue weighted by atomic mass is 33.1. The Kier molecular flexibility index (Phi) is 11.2. The second-order valence-electron chi connectivity index (χ2n) is 11.2. The summed E-state index contributed by atoms with van der Waals surface area (Å²) in [4.78, 5) is 74.7. The summed E-state index contributed by atoms with van der Waals surface area (Å²) in [5, 5.41) is 5.92. The number of nitrogens with one attached hydrogen (secondary N) is 2. The normalized spacial score (nSPS) is 24.0. The maximum atomic E-state index is 13.8. The molecule has 4 atom stereocenters. The number of methoxy groups -OCH3 is 1. The number of carbonyl (C=O) groups is 5. The summed E-state index contributed by atoms with van der Waals surface area (Å²) in [6.07, 6.45) is 1.80. The first-order chi connectivity index (χ1) is 23.0. The Balaban J connectivity index is 1.04. The predicted molar refractivity (Wildman–Crippen MR) is 183 cm³/mol. The van der Waals surface area contributed by atoms with Crippen molar-refractivity contribution >= 4 is 80.2 Å². The third kappa shape index (κ3) is 7.26. The van der Waals surface area contributed by atoms with Crippen LogP contribution in [0.3, 0.4) is 0 Å². The molecule has 18 heteroatoms. The van der Waals surface area contributed by atoms with Crippen molar-refractivity contribution in [2.45, 2.75) is 37.6 Å². The van der Waals surface area contributed by atoms with Gasteiger partial charge in [-0.2, -0.15) is 0 Å². The van der Waals surface area contributed by atoms with Gasteiger partial charge >= 0.3 is 12.1 Å². The van der Waals surface area contributed by atoms with Crippen LogP contribution in [0.5, 0.6) is 0 Å². The van der Waals surface area contributed by atoms with Crippen LogP contribution in [0, 0.1) is 5.92 Å². The number of carbonyl (C=O) groups excluding carboxylic acids is 5. The Morgan fingerprint density at radius 1 is 1.21 bits per heavy atom. The highest BCUT2D eigenvalue weighted by Gasteiger charge is 2.72. The van der Waals surface area contributed by atoms with Crippen LogP contribution in [-0.4, -0.2) is 113 Å². The lowest BCUT2D eigenvalue weighted by atomic mass is 9.78. The number of rotatable bonds is 16. The fourth-order valence-corrected chi connectivity index (χ4v) is 8.03. The van der Waals surface area contributed by atoms with Crippen LogP contribution < -0.4 is 22.1 Å². The maximum Gasteiger partial charge on any atom is 0.411 e. The van der Waals surface area contributed by atoms with Crippen molar-refractivity contribution < 1.29 is 38.2 Å². The molecule has 48 heavy (non-hydrogen) atoms. The summed E-state index contributed by atoms with van der Waals surface area (Å²) in [5.41, 5.74) is 11.4. The van der Waals surface area contributed by atoms with E-state index in [1.807, 2.05) is 0 Å². The number of primary amides is 1. The summed E-state index contributed by atoms with van der Waals surface area (Å²) in [7, 11) is 4.34. The molecule has 0 saturated carbocycles. The number of amides is 2. The van der Waals surface area contributed by atoms with E-state index in [2.05, 4.69) is 20.6 Å². The number of pyridine rings is 1. The number of hydrogen-bond acceptors (Lipinski definition) is 15. The number of allylic oxidation sites excluding steroid dienone is 1. The lowest BCUT2D eigenvalue weighted by molar-refractivity contribution is -0.143. The molecule has 256 valence electrons. The van der Waals surface area contributed by atoms with Gasteiger partial charge in [-0.1, -0.05) is 33.8 Å². The Labute approximate surface area is 289 Å². The standard InChI is InChI=1S/C30H35N7O8S3/c1-15-16(27(41)24-17(11-21(31)38)30(43-2)28-20(35-28)14-37(30)25(24)26(15)40)10-23(39)44-6-8-47-48-9-7-45-29(42)36-18-4-3-5-34-19(18)12-33-13-22(32)46/h3-5,12,17,20,28,35H,6-11,13-14H2,1-2H3,(H2,31,38)(H2,32,46)(H,36,42)/t17-,20+,28+,30-/m1/s1. The number of thiocarbonyl (C=S) groups is 1. The van der Waals surface area contributed by atoms with E-state index < -0.39 is 35.4 Å². The molecule has 2 amide bonds. The van der Waals surface area contributed by atoms with Crippen LogP contribution in [0.15, 0.2) is 45.7 Å². The van der Waals surface area contributed by atoms with Crippen molar-refractivity contribution in [3.05, 3.63) is 46.4 Å². The van der Waals surface area contributed by atoms with E-state index in [9.17, 15) is 24.0 Å². The van der Waals surface area contributed by atoms with Gasteiger partial charge in [0.25, 0.3) is 0 Å². The molecule has 0 unspecified atom stereocenters. The number of ether oxygens (including phenoxy) is 3. The van der Waals surface area contributed by atoms with E-state index in [1.54, 1.807) is 23.2 Å². The second kappa shape index (κ2) is 15.1. The van der Waals surface area contributed by atoms with Gasteiger partial charge in [0.1, 0.15) is 18.9 Å². The zero-order valence-corrected chi connectivity index (χ0v) is 28.6. The summed E-state index contributed by atoms with van der Waals surface area (Å²) in [6, 6.07) is 3.25. The third-order valence-electron chi connectivity index (χ3n) is 8.34. The number of hydrogen-bond donors (Lipinski definition) is 4. The molecule has 2 saturated heterocycles. The molecule has 0 radical (unpaired) electrons. The van der Waals surface area contributed by atoms with Gasteiger partial charge in [0.05, 0.1) is 35.4 Å². The minimum Gasteiger partial charge on any atom is -0.465 e. The number of anilines is 1. The SMILES string of the molecule is CO[C@@]12[C@H](CC(N)=O)C3=C(C(=O)C(C)=C(CC(=O)OCCSSCCOC(=O)Nc4cccnc4C=NCC(N)=S)C3=O)N1C[C@@H]1N[C@@H]12. The van der Waals surface area contributed by atoms with E-state index in [4.69, 9.17) is 37.9 Å². The van der Waals surface area contributed by atoms with Gasteiger partial charge < -0.3 is 35.9 Å². The number of fused-ring (bicyclic) bond motifs is 4. The van der Waals surface area contributed by atoms with Crippen LogP contribution in [0.2, 0.25) is 0 Å². The molecule has 0 spiro atoms. The number of piperazine rings is 1. The molecule has 1 aromatic rings. The predicted octanol–water partition coefficient (Wildman–Crippen LogP) is 0.876. The van der Waals surface area contributed by atoms with E-state index in [0.717, 1.165) is 0 Å². The molecular weight excluding hydrogens is 683 g/mol. The quantitative estimate of drug-likeness (QED) is 0.0354.